The maximum absolute atomic E-state index is 11.9. The van der Waals surface area contributed by atoms with Crippen molar-refractivity contribution in [2.24, 2.45) is 0 Å². The summed E-state index contributed by atoms with van der Waals surface area (Å²) in [5.41, 5.74) is 2.45. The molecule has 0 aliphatic carbocycles. The fourth-order valence-electron chi connectivity index (χ4n) is 1.63. The van der Waals surface area contributed by atoms with Crippen LogP contribution in [0.5, 0.6) is 0 Å². The molecule has 0 spiro atoms. The number of anilines is 2. The van der Waals surface area contributed by atoms with Crippen LogP contribution in [0.4, 0.5) is 10.8 Å². The zero-order chi connectivity index (χ0) is 14.4. The van der Waals surface area contributed by atoms with Crippen LogP contribution < -0.4 is 10.6 Å². The molecule has 0 saturated carbocycles. The van der Waals surface area contributed by atoms with Gasteiger partial charge in [-0.05, 0) is 24.6 Å². The first-order chi connectivity index (χ1) is 9.70. The van der Waals surface area contributed by atoms with Crippen molar-refractivity contribution in [2.75, 3.05) is 11.9 Å². The molecule has 0 saturated heterocycles. The van der Waals surface area contributed by atoms with Crippen LogP contribution in [0.15, 0.2) is 29.8 Å². The molecule has 20 heavy (non-hydrogen) atoms. The Bertz CT molecular complexity index is 631. The third-order valence-corrected chi connectivity index (χ3v) is 3.38. The Morgan fingerprint density at radius 2 is 2.35 bits per heavy atom. The number of benzene rings is 1. The van der Waals surface area contributed by atoms with Crippen molar-refractivity contribution >= 4 is 28.1 Å². The van der Waals surface area contributed by atoms with Crippen molar-refractivity contribution in [1.82, 2.24) is 10.3 Å². The number of rotatable bonds is 5. The second kappa shape index (κ2) is 6.68. The van der Waals surface area contributed by atoms with Crippen LogP contribution in [0.2, 0.25) is 0 Å². The smallest absolute Gasteiger partial charge is 0.251 e. The van der Waals surface area contributed by atoms with Gasteiger partial charge in [-0.1, -0.05) is 6.07 Å². The number of nitrogens with one attached hydrogen (secondary N) is 2. The Hall–Kier alpha value is -2.39. The number of hydrogen-bond acceptors (Lipinski definition) is 5. The van der Waals surface area contributed by atoms with E-state index in [-0.39, 0.29) is 5.91 Å². The topological polar surface area (TPSA) is 77.8 Å². The zero-order valence-electron chi connectivity index (χ0n) is 11.0. The third kappa shape index (κ3) is 3.56. The summed E-state index contributed by atoms with van der Waals surface area (Å²) >= 11 is 1.50. The molecule has 0 radical (unpaired) electrons. The van der Waals surface area contributed by atoms with Crippen molar-refractivity contribution in [3.8, 4) is 6.07 Å². The maximum atomic E-state index is 11.9. The van der Waals surface area contributed by atoms with Crippen LogP contribution in [0.25, 0.3) is 0 Å². The van der Waals surface area contributed by atoms with Gasteiger partial charge in [0.2, 0.25) is 0 Å². The molecule has 0 bridgehead atoms. The van der Waals surface area contributed by atoms with Crippen LogP contribution in [0, 0.1) is 18.3 Å². The molecule has 102 valence electrons. The fraction of sp³-hybridized carbons (Fsp3) is 0.214. The van der Waals surface area contributed by atoms with Crippen molar-refractivity contribution in [3.63, 3.8) is 0 Å². The molecule has 1 amide bonds. The van der Waals surface area contributed by atoms with E-state index in [0.29, 0.717) is 18.5 Å². The van der Waals surface area contributed by atoms with E-state index in [2.05, 4.69) is 15.6 Å². The molecular weight excluding hydrogens is 272 g/mol. The van der Waals surface area contributed by atoms with E-state index in [0.717, 1.165) is 16.4 Å². The van der Waals surface area contributed by atoms with E-state index in [1.807, 2.05) is 24.4 Å². The van der Waals surface area contributed by atoms with Gasteiger partial charge in [-0.2, -0.15) is 5.26 Å². The predicted octanol–water partition coefficient (Wildman–Crippen LogP) is 2.84. The highest BCUT2D eigenvalue weighted by Crippen LogP contribution is 2.23. The SMILES string of the molecule is Cc1ccc(C(=O)NCCC#N)cc1Nc1nccs1. The molecule has 0 atom stereocenters. The average Bonchev–Trinajstić information content (AvgIpc) is 2.94. The Balaban J connectivity index is 2.12. The second-order valence-corrected chi connectivity index (χ2v) is 5.05. The standard InChI is InChI=1S/C14H14N4OS/c1-10-3-4-11(13(19)16-6-2-5-15)9-12(10)18-14-17-7-8-20-14/h3-4,7-9H,2,6H2,1H3,(H,16,19)(H,17,18). The quantitative estimate of drug-likeness (QED) is 0.828. The number of aromatic nitrogens is 1. The van der Waals surface area contributed by atoms with E-state index in [1.54, 1.807) is 18.3 Å². The van der Waals surface area contributed by atoms with Gasteiger partial charge < -0.3 is 10.6 Å². The summed E-state index contributed by atoms with van der Waals surface area (Å²) in [6.45, 7) is 2.33. The van der Waals surface area contributed by atoms with Gasteiger partial charge in [0.25, 0.3) is 5.91 Å². The summed E-state index contributed by atoms with van der Waals surface area (Å²) in [5.74, 6) is -0.178. The van der Waals surface area contributed by atoms with Crippen LogP contribution >= 0.6 is 11.3 Å². The summed E-state index contributed by atoms with van der Waals surface area (Å²) in [4.78, 5) is 16.1. The lowest BCUT2D eigenvalue weighted by molar-refractivity contribution is 0.0954. The zero-order valence-corrected chi connectivity index (χ0v) is 11.8. The summed E-state index contributed by atoms with van der Waals surface area (Å²) in [5, 5.41) is 17.0. The number of nitrogens with zero attached hydrogens (tertiary/aromatic N) is 2. The van der Waals surface area contributed by atoms with Crippen LogP contribution in [-0.4, -0.2) is 17.4 Å². The van der Waals surface area contributed by atoms with E-state index >= 15 is 0 Å². The van der Waals surface area contributed by atoms with Gasteiger partial charge in [0, 0.05) is 29.4 Å². The third-order valence-electron chi connectivity index (χ3n) is 2.70. The predicted molar refractivity (Wildman–Crippen MR) is 79.1 cm³/mol. The van der Waals surface area contributed by atoms with E-state index in [4.69, 9.17) is 5.26 Å². The first kappa shape index (κ1) is 14.0. The first-order valence-electron chi connectivity index (χ1n) is 6.13. The Morgan fingerprint density at radius 3 is 3.05 bits per heavy atom. The van der Waals surface area contributed by atoms with Gasteiger partial charge in [0.05, 0.1) is 12.5 Å². The van der Waals surface area contributed by atoms with Gasteiger partial charge in [0.15, 0.2) is 5.13 Å². The van der Waals surface area contributed by atoms with Gasteiger partial charge in [-0.3, -0.25) is 4.79 Å². The van der Waals surface area contributed by atoms with Crippen molar-refractivity contribution in [2.45, 2.75) is 13.3 Å². The minimum absolute atomic E-state index is 0.178. The lowest BCUT2D eigenvalue weighted by Crippen LogP contribution is -2.24. The van der Waals surface area contributed by atoms with Gasteiger partial charge in [-0.25, -0.2) is 4.98 Å². The van der Waals surface area contributed by atoms with Gasteiger partial charge in [0.1, 0.15) is 0 Å². The number of nitriles is 1. The molecule has 0 unspecified atom stereocenters. The first-order valence-corrected chi connectivity index (χ1v) is 7.01. The normalized spacial score (nSPS) is 9.80. The summed E-state index contributed by atoms with van der Waals surface area (Å²) in [6.07, 6.45) is 2.03. The number of carbonyl (C=O) groups is 1. The van der Waals surface area contributed by atoms with E-state index in [1.165, 1.54) is 11.3 Å². The largest absolute Gasteiger partial charge is 0.351 e. The van der Waals surface area contributed by atoms with Crippen LogP contribution in [0.3, 0.4) is 0 Å². The molecule has 1 aromatic heterocycles. The molecule has 2 N–H and O–H groups in total. The highest BCUT2D eigenvalue weighted by molar-refractivity contribution is 7.13. The lowest BCUT2D eigenvalue weighted by atomic mass is 10.1. The monoisotopic (exact) mass is 286 g/mol. The summed E-state index contributed by atoms with van der Waals surface area (Å²) in [6, 6.07) is 7.43. The molecule has 0 fully saturated rings. The maximum Gasteiger partial charge on any atom is 0.251 e. The highest BCUT2D eigenvalue weighted by Gasteiger charge is 2.08. The Morgan fingerprint density at radius 1 is 1.50 bits per heavy atom. The minimum atomic E-state index is -0.178. The number of hydrogen-bond donors (Lipinski definition) is 2. The highest BCUT2D eigenvalue weighted by atomic mass is 32.1. The Kier molecular flexibility index (Phi) is 4.69. The molecular formula is C14H14N4OS. The van der Waals surface area contributed by atoms with Gasteiger partial charge >= 0.3 is 0 Å². The molecule has 0 aliphatic rings. The lowest BCUT2D eigenvalue weighted by Gasteiger charge is -2.09. The molecule has 2 aromatic rings. The molecule has 0 aliphatic heterocycles. The minimum Gasteiger partial charge on any atom is -0.351 e. The van der Waals surface area contributed by atoms with Crippen molar-refractivity contribution in [1.29, 1.82) is 5.26 Å². The molecule has 5 nitrogen and oxygen atoms in total. The molecule has 6 heteroatoms. The van der Waals surface area contributed by atoms with Crippen molar-refractivity contribution < 1.29 is 4.79 Å². The molecule has 2 rings (SSSR count). The van der Waals surface area contributed by atoms with Crippen molar-refractivity contribution in [3.05, 3.63) is 40.9 Å². The number of carbonyl (C=O) groups excluding carboxylic acids is 1. The number of aryl methyl sites for hydroxylation is 1. The second-order valence-electron chi connectivity index (χ2n) is 4.16. The molecule has 1 heterocycles. The van der Waals surface area contributed by atoms with Crippen LogP contribution in [0.1, 0.15) is 22.3 Å². The fourth-order valence-corrected chi connectivity index (χ4v) is 2.17. The number of amides is 1. The summed E-state index contributed by atoms with van der Waals surface area (Å²) in [7, 11) is 0. The molecule has 1 aromatic carbocycles. The van der Waals surface area contributed by atoms with E-state index < -0.39 is 0 Å². The van der Waals surface area contributed by atoms with Crippen LogP contribution in [-0.2, 0) is 0 Å². The summed E-state index contributed by atoms with van der Waals surface area (Å²) < 4.78 is 0. The van der Waals surface area contributed by atoms with Gasteiger partial charge in [-0.15, -0.1) is 11.3 Å². The van der Waals surface area contributed by atoms with E-state index in [9.17, 15) is 4.79 Å². The number of thiazole rings is 1. The Labute approximate surface area is 121 Å². The average molecular weight is 286 g/mol.